The molecule has 3 rings (SSSR count). The minimum atomic E-state index is -0.535. The first-order valence-electron chi connectivity index (χ1n) is 9.23. The Hall–Kier alpha value is -3.33. The van der Waals surface area contributed by atoms with Crippen LogP contribution in [-0.4, -0.2) is 50.4 Å². The first-order valence-corrected chi connectivity index (χ1v) is 9.23. The second-order valence-electron chi connectivity index (χ2n) is 6.74. The van der Waals surface area contributed by atoms with Crippen LogP contribution in [-0.2, 0) is 16.0 Å². The molecule has 1 aliphatic rings. The average molecular weight is 399 g/mol. The van der Waals surface area contributed by atoms with Crippen LogP contribution in [0, 0.1) is 6.92 Å². The van der Waals surface area contributed by atoms with Crippen LogP contribution in [0.25, 0.3) is 0 Å². The van der Waals surface area contributed by atoms with Gasteiger partial charge in [0.15, 0.2) is 0 Å². The number of rotatable bonds is 8. The molecule has 0 bridgehead atoms. The van der Waals surface area contributed by atoms with Gasteiger partial charge in [-0.1, -0.05) is 12.1 Å². The fourth-order valence-electron chi connectivity index (χ4n) is 3.10. The van der Waals surface area contributed by atoms with Gasteiger partial charge in [-0.05, 0) is 36.2 Å². The smallest absolute Gasteiger partial charge is 0.407 e. The van der Waals surface area contributed by atoms with Crippen molar-refractivity contribution in [1.29, 1.82) is 0 Å². The number of fused-ring (bicyclic) bond motifs is 1. The number of hydrogen-bond donors (Lipinski definition) is 4. The van der Waals surface area contributed by atoms with Gasteiger partial charge in [0.2, 0.25) is 0 Å². The molecular weight excluding hydrogens is 374 g/mol. The highest BCUT2D eigenvalue weighted by Gasteiger charge is 2.25. The quantitative estimate of drug-likeness (QED) is 0.538. The number of carbonyl (C=O) groups excluding carboxylic acids is 2. The molecule has 0 fully saturated rings. The van der Waals surface area contributed by atoms with Crippen LogP contribution in [0.1, 0.15) is 21.5 Å². The molecule has 9 nitrogen and oxygen atoms in total. The molecule has 2 heterocycles. The third kappa shape index (κ3) is 5.14. The lowest BCUT2D eigenvalue weighted by Crippen LogP contribution is -2.42. The Balaban J connectivity index is 1.81. The summed E-state index contributed by atoms with van der Waals surface area (Å²) in [5.41, 5.74) is 3.34. The van der Waals surface area contributed by atoms with Gasteiger partial charge in [-0.3, -0.25) is 4.79 Å². The van der Waals surface area contributed by atoms with E-state index in [4.69, 9.17) is 4.74 Å². The number of benzene rings is 1. The van der Waals surface area contributed by atoms with E-state index < -0.39 is 6.09 Å². The third-order valence-corrected chi connectivity index (χ3v) is 4.45. The Kier molecular flexibility index (Phi) is 6.50. The Morgan fingerprint density at radius 1 is 1.31 bits per heavy atom. The van der Waals surface area contributed by atoms with Crippen molar-refractivity contribution in [2.45, 2.75) is 19.5 Å². The number of pyridine rings is 1. The molecule has 0 aliphatic carbocycles. The summed E-state index contributed by atoms with van der Waals surface area (Å²) in [5.74, 6) is 0.914. The van der Waals surface area contributed by atoms with E-state index in [2.05, 4.69) is 31.0 Å². The molecule has 4 N–H and O–H groups in total. The van der Waals surface area contributed by atoms with Crippen molar-refractivity contribution in [1.82, 2.24) is 15.6 Å². The Bertz CT molecular complexity index is 902. The van der Waals surface area contributed by atoms with Gasteiger partial charge in [0.25, 0.3) is 5.91 Å². The monoisotopic (exact) mass is 399 g/mol. The molecular formula is C20H25N5O4. The Morgan fingerprint density at radius 2 is 2.14 bits per heavy atom. The molecule has 1 aromatic heterocycles. The van der Waals surface area contributed by atoms with Gasteiger partial charge < -0.3 is 30.7 Å². The van der Waals surface area contributed by atoms with Crippen molar-refractivity contribution in [2.24, 2.45) is 0 Å². The highest BCUT2D eigenvalue weighted by atomic mass is 16.5. The minimum Gasteiger partial charge on any atom is -0.453 e. The highest BCUT2D eigenvalue weighted by Crippen LogP contribution is 2.28. The molecule has 29 heavy (non-hydrogen) atoms. The average Bonchev–Trinajstić information content (AvgIpc) is 3.07. The van der Waals surface area contributed by atoms with E-state index >= 15 is 0 Å². The van der Waals surface area contributed by atoms with E-state index in [0.29, 0.717) is 36.9 Å². The molecule has 9 heteroatoms. The zero-order chi connectivity index (χ0) is 20.8. The number of nitrogens with one attached hydrogen (secondary N) is 4. The van der Waals surface area contributed by atoms with Crippen molar-refractivity contribution >= 4 is 29.3 Å². The third-order valence-electron chi connectivity index (χ3n) is 4.45. The molecule has 2 amide bonds. The maximum atomic E-state index is 12.3. The van der Waals surface area contributed by atoms with Gasteiger partial charge >= 0.3 is 6.09 Å². The first-order chi connectivity index (χ1) is 14.0. The molecule has 1 aromatic carbocycles. The van der Waals surface area contributed by atoms with E-state index in [9.17, 15) is 9.59 Å². The maximum Gasteiger partial charge on any atom is 0.407 e. The summed E-state index contributed by atoms with van der Waals surface area (Å²) in [4.78, 5) is 28.3. The molecule has 1 aliphatic heterocycles. The van der Waals surface area contributed by atoms with Gasteiger partial charge in [0, 0.05) is 25.9 Å². The normalized spacial score (nSPS) is 13.3. The fourth-order valence-corrected chi connectivity index (χ4v) is 3.10. The number of ether oxygens (including phenoxy) is 2. The summed E-state index contributed by atoms with van der Waals surface area (Å²) >= 11 is 0. The number of amides is 2. The topological polar surface area (TPSA) is 114 Å². The van der Waals surface area contributed by atoms with Crippen LogP contribution < -0.4 is 21.3 Å². The zero-order valence-electron chi connectivity index (χ0n) is 16.7. The van der Waals surface area contributed by atoms with Crippen LogP contribution >= 0.6 is 0 Å². The predicted octanol–water partition coefficient (Wildman–Crippen LogP) is 2.16. The predicted molar refractivity (Wildman–Crippen MR) is 110 cm³/mol. The number of aryl methyl sites for hydroxylation is 1. The zero-order valence-corrected chi connectivity index (χ0v) is 16.7. The minimum absolute atomic E-state index is 0.154. The molecule has 0 radical (unpaired) electrons. The molecule has 154 valence electrons. The number of alkyl carbamates (subject to hydrolysis) is 1. The number of carbonyl (C=O) groups is 2. The first kappa shape index (κ1) is 20.4. The molecule has 0 spiro atoms. The number of nitrogens with zero attached hydrogens (tertiary/aromatic N) is 1. The standard InChI is InChI=1S/C20H25N5O4/c1-12-5-4-6-14(7-12)23-18-17-13(9-22-19(17)26)8-16(25-18)21-10-15(11-28-2)24-20(27)29-3/h4-8,15H,9-11H2,1-3H3,(H,22,26)(H,24,27)(H2,21,23,25)/t15-/m1/s1. The molecule has 1 atom stereocenters. The summed E-state index contributed by atoms with van der Waals surface area (Å²) in [6.45, 7) is 3.12. The van der Waals surface area contributed by atoms with Gasteiger partial charge in [0.05, 0.1) is 25.3 Å². The number of aromatic nitrogens is 1. The second kappa shape index (κ2) is 9.24. The Labute approximate surface area is 169 Å². The molecule has 0 unspecified atom stereocenters. The summed E-state index contributed by atoms with van der Waals surface area (Å²) in [7, 11) is 2.86. The Morgan fingerprint density at radius 3 is 2.86 bits per heavy atom. The van der Waals surface area contributed by atoms with Crippen LogP contribution in [0.4, 0.5) is 22.1 Å². The van der Waals surface area contributed by atoms with E-state index in [-0.39, 0.29) is 11.9 Å². The summed E-state index contributed by atoms with van der Waals surface area (Å²) in [5, 5.41) is 12.0. The van der Waals surface area contributed by atoms with Crippen molar-refractivity contribution in [3.63, 3.8) is 0 Å². The summed E-state index contributed by atoms with van der Waals surface area (Å²) in [6.07, 6.45) is -0.535. The maximum absolute atomic E-state index is 12.3. The van der Waals surface area contributed by atoms with Gasteiger partial charge in [-0.2, -0.15) is 0 Å². The van der Waals surface area contributed by atoms with Gasteiger partial charge in [0.1, 0.15) is 11.6 Å². The lowest BCUT2D eigenvalue weighted by molar-refractivity contribution is 0.0966. The lowest BCUT2D eigenvalue weighted by atomic mass is 10.1. The van der Waals surface area contributed by atoms with Crippen LogP contribution in [0.5, 0.6) is 0 Å². The van der Waals surface area contributed by atoms with E-state index in [1.54, 1.807) is 7.11 Å². The number of anilines is 3. The SMILES string of the molecule is COC[C@@H](CNc1cc2c(c(Nc3cccc(C)c3)n1)C(=O)NC2)NC(=O)OC. The van der Waals surface area contributed by atoms with E-state index in [0.717, 1.165) is 16.8 Å². The fraction of sp³-hybridized carbons (Fsp3) is 0.350. The van der Waals surface area contributed by atoms with Crippen molar-refractivity contribution in [3.8, 4) is 0 Å². The van der Waals surface area contributed by atoms with Crippen molar-refractivity contribution in [2.75, 3.05) is 38.0 Å². The second-order valence-corrected chi connectivity index (χ2v) is 6.74. The van der Waals surface area contributed by atoms with Crippen LogP contribution in [0.3, 0.4) is 0 Å². The van der Waals surface area contributed by atoms with Crippen LogP contribution in [0.2, 0.25) is 0 Å². The van der Waals surface area contributed by atoms with Gasteiger partial charge in [-0.15, -0.1) is 0 Å². The lowest BCUT2D eigenvalue weighted by Gasteiger charge is -2.19. The molecule has 0 saturated carbocycles. The number of methoxy groups -OCH3 is 2. The van der Waals surface area contributed by atoms with Gasteiger partial charge in [-0.25, -0.2) is 9.78 Å². The summed E-state index contributed by atoms with van der Waals surface area (Å²) < 4.78 is 9.78. The van der Waals surface area contributed by atoms with Crippen LogP contribution in [0.15, 0.2) is 30.3 Å². The van der Waals surface area contributed by atoms with Crippen molar-refractivity contribution in [3.05, 3.63) is 47.0 Å². The molecule has 2 aromatic rings. The van der Waals surface area contributed by atoms with E-state index in [1.807, 2.05) is 37.3 Å². The summed E-state index contributed by atoms with van der Waals surface area (Å²) in [6, 6.07) is 9.36. The molecule has 0 saturated heterocycles. The number of hydrogen-bond acceptors (Lipinski definition) is 7. The highest BCUT2D eigenvalue weighted by molar-refractivity contribution is 6.03. The van der Waals surface area contributed by atoms with E-state index in [1.165, 1.54) is 7.11 Å². The van der Waals surface area contributed by atoms with Crippen molar-refractivity contribution < 1.29 is 19.1 Å². The largest absolute Gasteiger partial charge is 0.453 e.